The minimum atomic E-state index is -3.72. The molecule has 2 aromatic rings. The number of amides is 1. The van der Waals surface area contributed by atoms with Crippen LogP contribution in [0.25, 0.3) is 0 Å². The van der Waals surface area contributed by atoms with Crippen molar-refractivity contribution in [1.82, 2.24) is 5.32 Å². The van der Waals surface area contributed by atoms with E-state index in [2.05, 4.69) is 5.32 Å². The van der Waals surface area contributed by atoms with E-state index in [0.717, 1.165) is 16.9 Å². The highest BCUT2D eigenvalue weighted by Crippen LogP contribution is 2.28. The van der Waals surface area contributed by atoms with Gasteiger partial charge in [-0.05, 0) is 36.2 Å². The van der Waals surface area contributed by atoms with E-state index in [4.69, 9.17) is 9.88 Å². The van der Waals surface area contributed by atoms with Crippen LogP contribution in [0.2, 0.25) is 0 Å². The molecule has 0 saturated heterocycles. The van der Waals surface area contributed by atoms with Gasteiger partial charge < -0.3 is 10.1 Å². The topological polar surface area (TPSA) is 98.5 Å². The molecule has 6 nitrogen and oxygen atoms in total. The van der Waals surface area contributed by atoms with Crippen molar-refractivity contribution in [2.45, 2.75) is 30.4 Å². The van der Waals surface area contributed by atoms with Crippen LogP contribution in [0.15, 0.2) is 53.4 Å². The molecular formula is C17H18N2O4S. The average molecular weight is 346 g/mol. The molecule has 0 radical (unpaired) electrons. The second-order valence-electron chi connectivity index (χ2n) is 5.76. The van der Waals surface area contributed by atoms with Crippen molar-refractivity contribution in [2.24, 2.45) is 5.14 Å². The van der Waals surface area contributed by atoms with Crippen LogP contribution < -0.4 is 15.2 Å². The lowest BCUT2D eigenvalue weighted by atomic mass is 10.1. The standard InChI is InChI=1S/C17H18N2O4S/c1-11(12-6-8-14(9-7-12)24(18,21)22)19-17(20)16-10-13-4-2-3-5-15(13)23-16/h2-9,11,16H,10H2,1H3,(H,19,20)(H2,18,21,22). The molecule has 0 spiro atoms. The maximum atomic E-state index is 12.4. The first-order valence-electron chi connectivity index (χ1n) is 7.52. The summed E-state index contributed by atoms with van der Waals surface area (Å²) in [7, 11) is -3.72. The van der Waals surface area contributed by atoms with Gasteiger partial charge in [0.15, 0.2) is 6.10 Å². The zero-order valence-electron chi connectivity index (χ0n) is 13.1. The smallest absolute Gasteiger partial charge is 0.261 e. The highest BCUT2D eigenvalue weighted by atomic mass is 32.2. The third-order valence-electron chi connectivity index (χ3n) is 4.01. The zero-order valence-corrected chi connectivity index (χ0v) is 13.9. The highest BCUT2D eigenvalue weighted by Gasteiger charge is 2.29. The lowest BCUT2D eigenvalue weighted by Crippen LogP contribution is -2.38. The SMILES string of the molecule is CC(NC(=O)C1Cc2ccccc2O1)c1ccc(S(N)(=O)=O)cc1. The molecule has 0 bridgehead atoms. The van der Waals surface area contributed by atoms with Gasteiger partial charge in [-0.25, -0.2) is 13.6 Å². The first-order valence-corrected chi connectivity index (χ1v) is 9.07. The van der Waals surface area contributed by atoms with Crippen LogP contribution >= 0.6 is 0 Å². The van der Waals surface area contributed by atoms with Crippen LogP contribution in [0.4, 0.5) is 0 Å². The van der Waals surface area contributed by atoms with Crippen LogP contribution in [-0.2, 0) is 21.2 Å². The lowest BCUT2D eigenvalue weighted by Gasteiger charge is -2.17. The average Bonchev–Trinajstić information content (AvgIpc) is 2.98. The van der Waals surface area contributed by atoms with Crippen LogP contribution in [0.1, 0.15) is 24.1 Å². The maximum absolute atomic E-state index is 12.4. The fourth-order valence-electron chi connectivity index (χ4n) is 2.66. The molecule has 2 unspecified atom stereocenters. The van der Waals surface area contributed by atoms with Gasteiger partial charge in [0.25, 0.3) is 5.91 Å². The van der Waals surface area contributed by atoms with E-state index in [1.807, 2.05) is 31.2 Å². The van der Waals surface area contributed by atoms with Crippen LogP contribution in [0, 0.1) is 0 Å². The lowest BCUT2D eigenvalue weighted by molar-refractivity contribution is -0.127. The molecule has 3 rings (SSSR count). The number of hydrogen-bond donors (Lipinski definition) is 2. The maximum Gasteiger partial charge on any atom is 0.261 e. The Morgan fingerprint density at radius 3 is 2.50 bits per heavy atom. The molecule has 126 valence electrons. The predicted octanol–water partition coefficient (Wildman–Crippen LogP) is 1.51. The number of nitrogens with two attached hydrogens (primary N) is 1. The highest BCUT2D eigenvalue weighted by molar-refractivity contribution is 7.89. The second-order valence-corrected chi connectivity index (χ2v) is 7.32. The molecular weight excluding hydrogens is 328 g/mol. The van der Waals surface area contributed by atoms with Crippen molar-refractivity contribution in [3.63, 3.8) is 0 Å². The molecule has 2 atom stereocenters. The minimum absolute atomic E-state index is 0.0411. The Balaban J connectivity index is 1.65. The van der Waals surface area contributed by atoms with Gasteiger partial charge in [0.2, 0.25) is 10.0 Å². The molecule has 1 heterocycles. The molecule has 24 heavy (non-hydrogen) atoms. The summed E-state index contributed by atoms with van der Waals surface area (Å²) >= 11 is 0. The Kier molecular flexibility index (Phi) is 4.29. The van der Waals surface area contributed by atoms with E-state index in [1.54, 1.807) is 12.1 Å². The van der Waals surface area contributed by atoms with Crippen molar-refractivity contribution >= 4 is 15.9 Å². The van der Waals surface area contributed by atoms with Crippen molar-refractivity contribution in [3.05, 3.63) is 59.7 Å². The van der Waals surface area contributed by atoms with Crippen LogP contribution in [0.5, 0.6) is 5.75 Å². The molecule has 2 aromatic carbocycles. The Morgan fingerprint density at radius 2 is 1.88 bits per heavy atom. The number of para-hydroxylation sites is 1. The van der Waals surface area contributed by atoms with E-state index in [0.29, 0.717) is 6.42 Å². The normalized spacial score (nSPS) is 17.7. The van der Waals surface area contributed by atoms with Gasteiger partial charge in [-0.3, -0.25) is 4.79 Å². The van der Waals surface area contributed by atoms with Gasteiger partial charge in [0.05, 0.1) is 10.9 Å². The van der Waals surface area contributed by atoms with Gasteiger partial charge in [0, 0.05) is 6.42 Å². The molecule has 0 aliphatic carbocycles. The third kappa shape index (κ3) is 3.42. The van der Waals surface area contributed by atoms with E-state index in [9.17, 15) is 13.2 Å². The van der Waals surface area contributed by atoms with E-state index < -0.39 is 16.1 Å². The summed E-state index contributed by atoms with van der Waals surface area (Å²) < 4.78 is 28.2. The monoisotopic (exact) mass is 346 g/mol. The summed E-state index contributed by atoms with van der Waals surface area (Å²) in [4.78, 5) is 12.4. The predicted molar refractivity (Wildman–Crippen MR) is 88.9 cm³/mol. The molecule has 1 aliphatic heterocycles. The summed E-state index contributed by atoms with van der Waals surface area (Å²) in [6, 6.07) is 13.4. The van der Waals surface area contributed by atoms with E-state index in [1.165, 1.54) is 12.1 Å². The first kappa shape index (κ1) is 16.5. The van der Waals surface area contributed by atoms with Crippen LogP contribution in [-0.4, -0.2) is 20.4 Å². The van der Waals surface area contributed by atoms with Gasteiger partial charge in [-0.15, -0.1) is 0 Å². The van der Waals surface area contributed by atoms with E-state index >= 15 is 0 Å². The van der Waals surface area contributed by atoms with Gasteiger partial charge in [-0.1, -0.05) is 30.3 Å². The number of sulfonamides is 1. The number of carbonyl (C=O) groups is 1. The quantitative estimate of drug-likeness (QED) is 0.877. The van der Waals surface area contributed by atoms with Crippen LogP contribution in [0.3, 0.4) is 0 Å². The Labute approximate surface area is 140 Å². The molecule has 7 heteroatoms. The Bertz CT molecular complexity index is 837. The van der Waals surface area contributed by atoms with Crippen molar-refractivity contribution in [1.29, 1.82) is 0 Å². The minimum Gasteiger partial charge on any atom is -0.480 e. The number of ether oxygens (including phenoxy) is 1. The second kappa shape index (κ2) is 6.26. The number of fused-ring (bicyclic) bond motifs is 1. The van der Waals surface area contributed by atoms with Crippen molar-refractivity contribution in [3.8, 4) is 5.75 Å². The molecule has 0 aromatic heterocycles. The van der Waals surface area contributed by atoms with E-state index in [-0.39, 0.29) is 16.8 Å². The van der Waals surface area contributed by atoms with Crippen molar-refractivity contribution < 1.29 is 17.9 Å². The number of primary sulfonamides is 1. The third-order valence-corrected chi connectivity index (χ3v) is 4.94. The number of hydrogen-bond acceptors (Lipinski definition) is 4. The molecule has 0 fully saturated rings. The Morgan fingerprint density at radius 1 is 1.21 bits per heavy atom. The fraction of sp³-hybridized carbons (Fsp3) is 0.235. The summed E-state index contributed by atoms with van der Waals surface area (Å²) in [6.07, 6.45) is -0.00689. The summed E-state index contributed by atoms with van der Waals surface area (Å²) in [6.45, 7) is 1.83. The largest absolute Gasteiger partial charge is 0.480 e. The zero-order chi connectivity index (χ0) is 17.3. The Hall–Kier alpha value is -2.38. The molecule has 0 saturated carbocycles. The molecule has 1 aliphatic rings. The number of nitrogens with one attached hydrogen (secondary N) is 1. The van der Waals surface area contributed by atoms with Crippen molar-refractivity contribution in [2.75, 3.05) is 0 Å². The number of rotatable bonds is 4. The summed E-state index contributed by atoms with van der Waals surface area (Å²) in [5, 5.41) is 7.96. The number of benzene rings is 2. The summed E-state index contributed by atoms with van der Waals surface area (Å²) in [5.74, 6) is 0.539. The van der Waals surface area contributed by atoms with Gasteiger partial charge >= 0.3 is 0 Å². The molecule has 3 N–H and O–H groups in total. The molecule has 1 amide bonds. The van der Waals surface area contributed by atoms with Gasteiger partial charge in [-0.2, -0.15) is 0 Å². The van der Waals surface area contributed by atoms with Gasteiger partial charge in [0.1, 0.15) is 5.75 Å². The fourth-order valence-corrected chi connectivity index (χ4v) is 3.18. The summed E-state index contributed by atoms with van der Waals surface area (Å²) in [5.41, 5.74) is 1.80. The first-order chi connectivity index (χ1) is 11.3. The number of carbonyl (C=O) groups excluding carboxylic acids is 1.